The van der Waals surface area contributed by atoms with E-state index in [2.05, 4.69) is 33.0 Å². The first-order chi connectivity index (χ1) is 10.9. The Bertz CT molecular complexity index is 650. The molecule has 0 saturated heterocycles. The molecule has 0 spiro atoms. The van der Waals surface area contributed by atoms with Crippen LogP contribution in [-0.2, 0) is 4.79 Å². The van der Waals surface area contributed by atoms with Crippen LogP contribution in [0.4, 0.5) is 0 Å². The predicted octanol–water partition coefficient (Wildman–Crippen LogP) is 4.40. The first kappa shape index (κ1) is 17.3. The van der Waals surface area contributed by atoms with Crippen molar-refractivity contribution in [3.05, 3.63) is 42.5 Å². The molecule has 23 heavy (non-hydrogen) atoms. The lowest BCUT2D eigenvalue weighted by atomic mass is 9.93. The molecule has 2 aromatic carbocycles. The average Bonchev–Trinajstić information content (AvgIpc) is 2.52. The molecular weight excluding hydrogens is 286 g/mol. The van der Waals surface area contributed by atoms with Gasteiger partial charge in [-0.25, -0.2) is 0 Å². The van der Waals surface area contributed by atoms with Gasteiger partial charge in [0.15, 0.2) is 6.10 Å². The third kappa shape index (κ3) is 4.25. The summed E-state index contributed by atoms with van der Waals surface area (Å²) in [5.74, 6) is 1.47. The number of carbonyl (C=O) groups is 1. The van der Waals surface area contributed by atoms with Gasteiger partial charge in [-0.15, -0.1) is 0 Å². The van der Waals surface area contributed by atoms with Crippen molar-refractivity contribution in [3.8, 4) is 5.75 Å². The number of carbonyl (C=O) groups excluding carboxylic acids is 1. The lowest BCUT2D eigenvalue weighted by Gasteiger charge is -2.27. The van der Waals surface area contributed by atoms with E-state index >= 15 is 0 Å². The molecule has 3 heteroatoms. The summed E-state index contributed by atoms with van der Waals surface area (Å²) < 4.78 is 5.94. The minimum absolute atomic E-state index is 0.0645. The zero-order valence-corrected chi connectivity index (χ0v) is 14.7. The van der Waals surface area contributed by atoms with Crippen molar-refractivity contribution >= 4 is 16.7 Å². The summed E-state index contributed by atoms with van der Waals surface area (Å²) >= 11 is 0. The fourth-order valence-electron chi connectivity index (χ4n) is 2.93. The zero-order valence-electron chi connectivity index (χ0n) is 14.7. The largest absolute Gasteiger partial charge is 0.480 e. The van der Waals surface area contributed by atoms with Crippen molar-refractivity contribution in [1.29, 1.82) is 0 Å². The van der Waals surface area contributed by atoms with Gasteiger partial charge in [0.1, 0.15) is 5.75 Å². The van der Waals surface area contributed by atoms with Crippen LogP contribution >= 0.6 is 0 Å². The predicted molar refractivity (Wildman–Crippen MR) is 95.6 cm³/mol. The molecule has 0 aliphatic rings. The average molecular weight is 313 g/mol. The third-order valence-corrected chi connectivity index (χ3v) is 4.17. The molecule has 1 unspecified atom stereocenters. The van der Waals surface area contributed by atoms with Gasteiger partial charge in [-0.3, -0.25) is 4.79 Å². The Morgan fingerprint density at radius 1 is 0.913 bits per heavy atom. The Balaban J connectivity index is 2.11. The molecule has 1 N–H and O–H groups in total. The van der Waals surface area contributed by atoms with Gasteiger partial charge in [0.05, 0.1) is 0 Å². The number of amides is 1. The van der Waals surface area contributed by atoms with E-state index in [1.165, 1.54) is 0 Å². The highest BCUT2D eigenvalue weighted by molar-refractivity contribution is 5.89. The SMILES string of the molecule is CC(Oc1cccc2ccccc12)C(=O)NC(C(C)C)C(C)C. The number of fused-ring (bicyclic) bond motifs is 1. The maximum atomic E-state index is 12.5. The van der Waals surface area contributed by atoms with E-state index < -0.39 is 6.10 Å². The fourth-order valence-corrected chi connectivity index (χ4v) is 2.93. The van der Waals surface area contributed by atoms with Gasteiger partial charge < -0.3 is 10.1 Å². The second-order valence-corrected chi connectivity index (χ2v) is 6.76. The molecular formula is C20H27NO2. The fraction of sp³-hybridized carbons (Fsp3) is 0.450. The van der Waals surface area contributed by atoms with E-state index in [9.17, 15) is 4.79 Å². The van der Waals surface area contributed by atoms with Crippen LogP contribution in [0.3, 0.4) is 0 Å². The number of benzene rings is 2. The van der Waals surface area contributed by atoms with Gasteiger partial charge in [0, 0.05) is 11.4 Å². The standard InChI is InChI=1S/C20H27NO2/c1-13(2)19(14(3)4)21-20(22)15(5)23-18-12-8-10-16-9-6-7-11-17(16)18/h6-15,19H,1-5H3,(H,21,22). The molecule has 0 aliphatic heterocycles. The van der Waals surface area contributed by atoms with Crippen LogP contribution in [0, 0.1) is 11.8 Å². The zero-order chi connectivity index (χ0) is 17.0. The molecule has 0 radical (unpaired) electrons. The number of hydrogen-bond acceptors (Lipinski definition) is 2. The molecule has 2 rings (SSSR count). The lowest BCUT2D eigenvalue weighted by molar-refractivity contribution is -0.128. The Morgan fingerprint density at radius 3 is 2.17 bits per heavy atom. The highest BCUT2D eigenvalue weighted by Crippen LogP contribution is 2.26. The molecule has 3 nitrogen and oxygen atoms in total. The molecule has 0 saturated carbocycles. The van der Waals surface area contributed by atoms with Gasteiger partial charge in [0.2, 0.25) is 0 Å². The summed E-state index contributed by atoms with van der Waals surface area (Å²) in [4.78, 5) is 12.5. The van der Waals surface area contributed by atoms with Crippen molar-refractivity contribution in [2.45, 2.75) is 46.8 Å². The molecule has 0 aliphatic carbocycles. The van der Waals surface area contributed by atoms with E-state index in [1.54, 1.807) is 6.92 Å². The van der Waals surface area contributed by atoms with Crippen molar-refractivity contribution < 1.29 is 9.53 Å². The lowest BCUT2D eigenvalue weighted by Crippen LogP contribution is -2.47. The summed E-state index contributed by atoms with van der Waals surface area (Å²) in [7, 11) is 0. The highest BCUT2D eigenvalue weighted by atomic mass is 16.5. The normalized spacial score (nSPS) is 12.9. The van der Waals surface area contributed by atoms with Crippen LogP contribution in [0.25, 0.3) is 10.8 Å². The van der Waals surface area contributed by atoms with E-state index in [0.29, 0.717) is 11.8 Å². The van der Waals surface area contributed by atoms with E-state index in [1.807, 2.05) is 42.5 Å². The Kier molecular flexibility index (Phi) is 5.64. The number of ether oxygens (including phenoxy) is 1. The molecule has 2 aromatic rings. The van der Waals surface area contributed by atoms with Crippen LogP contribution in [0.1, 0.15) is 34.6 Å². The van der Waals surface area contributed by atoms with Crippen LogP contribution in [-0.4, -0.2) is 18.1 Å². The second-order valence-electron chi connectivity index (χ2n) is 6.76. The van der Waals surface area contributed by atoms with Gasteiger partial charge in [-0.2, -0.15) is 0 Å². The first-order valence-corrected chi connectivity index (χ1v) is 8.35. The summed E-state index contributed by atoms with van der Waals surface area (Å²) in [5, 5.41) is 5.26. The Morgan fingerprint density at radius 2 is 1.52 bits per heavy atom. The Hall–Kier alpha value is -2.03. The van der Waals surface area contributed by atoms with Crippen molar-refractivity contribution in [1.82, 2.24) is 5.32 Å². The highest BCUT2D eigenvalue weighted by Gasteiger charge is 2.23. The van der Waals surface area contributed by atoms with Crippen molar-refractivity contribution in [2.24, 2.45) is 11.8 Å². The molecule has 0 fully saturated rings. The number of rotatable bonds is 6. The van der Waals surface area contributed by atoms with Crippen molar-refractivity contribution in [2.75, 3.05) is 0 Å². The molecule has 0 aromatic heterocycles. The van der Waals surface area contributed by atoms with E-state index in [-0.39, 0.29) is 11.9 Å². The van der Waals surface area contributed by atoms with Gasteiger partial charge in [-0.1, -0.05) is 64.1 Å². The molecule has 1 amide bonds. The molecule has 1 atom stereocenters. The van der Waals surface area contributed by atoms with Crippen molar-refractivity contribution in [3.63, 3.8) is 0 Å². The van der Waals surface area contributed by atoms with Crippen LogP contribution < -0.4 is 10.1 Å². The second kappa shape index (κ2) is 7.49. The minimum atomic E-state index is -0.527. The van der Waals surface area contributed by atoms with Gasteiger partial charge in [0.25, 0.3) is 5.91 Å². The molecule has 124 valence electrons. The van der Waals surface area contributed by atoms with E-state index in [0.717, 1.165) is 16.5 Å². The van der Waals surface area contributed by atoms with Gasteiger partial charge >= 0.3 is 0 Å². The monoisotopic (exact) mass is 313 g/mol. The number of nitrogens with one attached hydrogen (secondary N) is 1. The first-order valence-electron chi connectivity index (χ1n) is 8.35. The van der Waals surface area contributed by atoms with Gasteiger partial charge in [-0.05, 0) is 30.2 Å². The minimum Gasteiger partial charge on any atom is -0.480 e. The number of hydrogen-bond donors (Lipinski definition) is 1. The van der Waals surface area contributed by atoms with E-state index in [4.69, 9.17) is 4.74 Å². The topological polar surface area (TPSA) is 38.3 Å². The summed E-state index contributed by atoms with van der Waals surface area (Å²) in [5.41, 5.74) is 0. The summed E-state index contributed by atoms with van der Waals surface area (Å²) in [6, 6.07) is 14.1. The maximum Gasteiger partial charge on any atom is 0.261 e. The summed E-state index contributed by atoms with van der Waals surface area (Å²) in [6.45, 7) is 10.3. The van der Waals surface area contributed by atoms with Crippen LogP contribution in [0.2, 0.25) is 0 Å². The third-order valence-electron chi connectivity index (χ3n) is 4.17. The molecule has 0 bridgehead atoms. The van der Waals surface area contributed by atoms with Crippen LogP contribution in [0.5, 0.6) is 5.75 Å². The maximum absolute atomic E-state index is 12.5. The smallest absolute Gasteiger partial charge is 0.261 e. The Labute approximate surface area is 139 Å². The molecule has 0 heterocycles. The quantitative estimate of drug-likeness (QED) is 0.858. The summed E-state index contributed by atoms with van der Waals surface area (Å²) in [6.07, 6.45) is -0.527. The van der Waals surface area contributed by atoms with Crippen LogP contribution in [0.15, 0.2) is 42.5 Å².